The molecule has 0 aliphatic carbocycles. The van der Waals surface area contributed by atoms with Crippen molar-refractivity contribution in [2.75, 3.05) is 0 Å². The van der Waals surface area contributed by atoms with Crippen LogP contribution in [0, 0.1) is 6.92 Å². The molecule has 1 aromatic heterocycles. The minimum Gasteiger partial charge on any atom is -0.578 e. The van der Waals surface area contributed by atoms with E-state index in [1.54, 1.807) is 6.20 Å². The van der Waals surface area contributed by atoms with Gasteiger partial charge in [0.05, 0.1) is 5.56 Å². The van der Waals surface area contributed by atoms with Gasteiger partial charge in [-0.15, -0.1) is 0 Å². The third-order valence-corrected chi connectivity index (χ3v) is 0.895. The predicted molar refractivity (Wildman–Crippen MR) is 29.8 cm³/mol. The minimum atomic E-state index is 0.306. The Labute approximate surface area is 47.0 Å². The molecular formula is C5H7N2O+. The smallest absolute Gasteiger partial charge is 0.362 e. The maximum Gasteiger partial charge on any atom is 0.362 e. The summed E-state index contributed by atoms with van der Waals surface area (Å²) in [7, 11) is 0. The topological polar surface area (TPSA) is 48.7 Å². The van der Waals surface area contributed by atoms with Crippen molar-refractivity contribution in [3.63, 3.8) is 0 Å². The van der Waals surface area contributed by atoms with Crippen molar-refractivity contribution in [1.82, 2.24) is 9.97 Å². The molecule has 0 atom stereocenters. The number of aromatic nitrogens is 2. The highest BCUT2D eigenvalue weighted by atomic mass is 16.3. The van der Waals surface area contributed by atoms with Crippen molar-refractivity contribution in [2.45, 2.75) is 6.92 Å². The molecule has 0 bridgehead atoms. The summed E-state index contributed by atoms with van der Waals surface area (Å²) in [5.41, 5.74) is 0.813. The first-order valence-electron chi connectivity index (χ1n) is 2.29. The Balaban J connectivity index is 3.13. The first-order valence-corrected chi connectivity index (χ1v) is 2.29. The summed E-state index contributed by atoms with van der Waals surface area (Å²) in [6, 6.07) is 0. The van der Waals surface area contributed by atoms with Gasteiger partial charge in [0.1, 0.15) is 6.33 Å². The molecule has 0 radical (unpaired) electrons. The zero-order chi connectivity index (χ0) is 5.98. The maximum absolute atomic E-state index is 7.07. The average molecular weight is 111 g/mol. The lowest BCUT2D eigenvalue weighted by Gasteiger charge is -1.86. The molecule has 1 rings (SSSR count). The van der Waals surface area contributed by atoms with Gasteiger partial charge in [-0.1, -0.05) is 0 Å². The molecule has 42 valence electrons. The molecule has 0 unspecified atom stereocenters. The van der Waals surface area contributed by atoms with Crippen LogP contribution in [-0.2, 0) is 0 Å². The molecular weight excluding hydrogens is 104 g/mol. The van der Waals surface area contributed by atoms with Gasteiger partial charge in [0.2, 0.25) is 0 Å². The Hall–Kier alpha value is -1.12. The van der Waals surface area contributed by atoms with E-state index in [1.807, 2.05) is 6.92 Å². The molecule has 0 aliphatic heterocycles. The lowest BCUT2D eigenvalue weighted by atomic mass is 10.4. The lowest BCUT2D eigenvalue weighted by Crippen LogP contribution is -1.79. The van der Waals surface area contributed by atoms with Crippen LogP contribution in [0.15, 0.2) is 12.5 Å². The lowest BCUT2D eigenvalue weighted by molar-refractivity contribution is 0.447. The Bertz CT molecular complexity index is 167. The van der Waals surface area contributed by atoms with Gasteiger partial charge in [0.15, 0.2) is 0 Å². The van der Waals surface area contributed by atoms with Crippen LogP contribution in [0.5, 0.6) is 5.88 Å². The van der Waals surface area contributed by atoms with Crippen LogP contribution >= 0.6 is 0 Å². The van der Waals surface area contributed by atoms with Crippen molar-refractivity contribution >= 4 is 0 Å². The van der Waals surface area contributed by atoms with Crippen molar-refractivity contribution < 1.29 is 5.11 Å². The van der Waals surface area contributed by atoms with Gasteiger partial charge in [-0.25, -0.2) is 4.98 Å². The highest BCUT2D eigenvalue weighted by Gasteiger charge is 1.96. The zero-order valence-electron chi connectivity index (χ0n) is 4.55. The largest absolute Gasteiger partial charge is 0.578 e. The van der Waals surface area contributed by atoms with Crippen molar-refractivity contribution in [3.8, 4) is 5.88 Å². The van der Waals surface area contributed by atoms with Crippen LogP contribution in [0.2, 0.25) is 0 Å². The second-order valence-electron chi connectivity index (χ2n) is 1.55. The molecule has 3 nitrogen and oxygen atoms in total. The molecule has 0 saturated heterocycles. The van der Waals surface area contributed by atoms with Crippen LogP contribution in [0.3, 0.4) is 0 Å². The standard InChI is InChI=1S/C5H6N2O/c1-4-2-6-3-7-5(4)8/h2-3H,1H3,(H,6,7,8)/p+1. The van der Waals surface area contributed by atoms with Crippen molar-refractivity contribution in [1.29, 1.82) is 0 Å². The van der Waals surface area contributed by atoms with Crippen LogP contribution in [0.25, 0.3) is 0 Å². The van der Waals surface area contributed by atoms with Gasteiger partial charge in [0, 0.05) is 6.20 Å². The Morgan fingerprint density at radius 1 is 1.62 bits per heavy atom. The molecule has 8 heavy (non-hydrogen) atoms. The van der Waals surface area contributed by atoms with Crippen LogP contribution < -0.4 is 0 Å². The highest BCUT2D eigenvalue weighted by Crippen LogP contribution is 2.05. The summed E-state index contributed by atoms with van der Waals surface area (Å²) in [6.45, 7) is 1.81. The average Bonchev–Trinajstić information content (AvgIpc) is 1.77. The van der Waals surface area contributed by atoms with Crippen LogP contribution in [0.1, 0.15) is 5.56 Å². The van der Waals surface area contributed by atoms with E-state index in [4.69, 9.17) is 5.11 Å². The molecule has 3 heteroatoms. The predicted octanol–water partition coefficient (Wildman–Crippen LogP) is 0.223. The van der Waals surface area contributed by atoms with Gasteiger partial charge in [0.25, 0.3) is 0 Å². The van der Waals surface area contributed by atoms with E-state index >= 15 is 0 Å². The molecule has 0 aliphatic rings. The van der Waals surface area contributed by atoms with E-state index < -0.39 is 0 Å². The summed E-state index contributed by atoms with van der Waals surface area (Å²) in [4.78, 5) is 7.35. The third-order valence-electron chi connectivity index (χ3n) is 0.895. The van der Waals surface area contributed by atoms with E-state index in [9.17, 15) is 0 Å². The number of hydrogen-bond donors (Lipinski definition) is 0. The summed E-state index contributed by atoms with van der Waals surface area (Å²) in [5, 5.41) is 7.07. The Morgan fingerprint density at radius 3 is 2.75 bits per heavy atom. The van der Waals surface area contributed by atoms with Crippen LogP contribution in [-0.4, -0.2) is 15.1 Å². The van der Waals surface area contributed by atoms with E-state index in [0.29, 0.717) is 5.88 Å². The second-order valence-corrected chi connectivity index (χ2v) is 1.55. The summed E-state index contributed by atoms with van der Waals surface area (Å²) in [5.74, 6) is 0.306. The van der Waals surface area contributed by atoms with Crippen molar-refractivity contribution in [2.24, 2.45) is 0 Å². The van der Waals surface area contributed by atoms with Gasteiger partial charge < -0.3 is 5.11 Å². The number of rotatable bonds is 0. The first kappa shape index (κ1) is 5.03. The second kappa shape index (κ2) is 1.78. The highest BCUT2D eigenvalue weighted by molar-refractivity contribution is 5.17. The molecule has 2 N–H and O–H groups in total. The fourth-order valence-corrected chi connectivity index (χ4v) is 0.399. The fraction of sp³-hybridized carbons (Fsp3) is 0.200. The monoisotopic (exact) mass is 111 g/mol. The van der Waals surface area contributed by atoms with Gasteiger partial charge in [-0.05, 0) is 6.92 Å². The minimum absolute atomic E-state index is 0.306. The van der Waals surface area contributed by atoms with E-state index in [2.05, 4.69) is 9.97 Å². The number of aryl methyl sites for hydroxylation is 1. The fourth-order valence-electron chi connectivity index (χ4n) is 0.399. The van der Waals surface area contributed by atoms with Gasteiger partial charge in [-0.3, -0.25) is 0 Å². The van der Waals surface area contributed by atoms with E-state index in [0.717, 1.165) is 5.56 Å². The molecule has 1 heterocycles. The molecule has 0 amide bonds. The normalized spacial score (nSPS) is 9.12. The first-order chi connectivity index (χ1) is 3.80. The summed E-state index contributed by atoms with van der Waals surface area (Å²) in [6.07, 6.45) is 2.99. The Kier molecular flexibility index (Phi) is 1.12. The third kappa shape index (κ3) is 0.753. The molecule has 1 aromatic rings. The van der Waals surface area contributed by atoms with E-state index in [1.165, 1.54) is 6.33 Å². The van der Waals surface area contributed by atoms with Gasteiger partial charge in [-0.2, -0.15) is 4.98 Å². The van der Waals surface area contributed by atoms with Crippen LogP contribution in [0.4, 0.5) is 0 Å². The molecule has 0 spiro atoms. The van der Waals surface area contributed by atoms with Crippen molar-refractivity contribution in [3.05, 3.63) is 18.1 Å². The van der Waals surface area contributed by atoms with E-state index in [-0.39, 0.29) is 0 Å². The molecule has 0 saturated carbocycles. The molecule has 0 aromatic carbocycles. The zero-order valence-corrected chi connectivity index (χ0v) is 4.55. The molecule has 0 fully saturated rings. The van der Waals surface area contributed by atoms with Gasteiger partial charge >= 0.3 is 5.88 Å². The quantitative estimate of drug-likeness (QED) is 0.450. The summed E-state index contributed by atoms with van der Waals surface area (Å²) < 4.78 is 0. The Morgan fingerprint density at radius 2 is 2.38 bits per heavy atom. The number of nitrogens with zero attached hydrogens (tertiary/aromatic N) is 2. The maximum atomic E-state index is 7.07. The SMILES string of the molecule is Cc1cncnc1[OH2+]. The summed E-state index contributed by atoms with van der Waals surface area (Å²) >= 11 is 0. The number of hydrogen-bond acceptors (Lipinski definition) is 2.